The molecule has 5 rings (SSSR count). The van der Waals surface area contributed by atoms with Gasteiger partial charge >= 0.3 is 12.1 Å². The summed E-state index contributed by atoms with van der Waals surface area (Å²) in [5.41, 5.74) is 3.45. The van der Waals surface area contributed by atoms with Gasteiger partial charge in [-0.2, -0.15) is 4.68 Å². The van der Waals surface area contributed by atoms with Crippen LogP contribution in [-0.4, -0.2) is 60.9 Å². The topological polar surface area (TPSA) is 166 Å². The molecule has 4 aromatic rings. The predicted octanol–water partition coefficient (Wildman–Crippen LogP) is 5.83. The number of carbonyl (C=O) groups excluding carboxylic acids is 3. The minimum atomic E-state index is -0.643. The second kappa shape index (κ2) is 14.6. The summed E-state index contributed by atoms with van der Waals surface area (Å²) >= 11 is 6.24. The van der Waals surface area contributed by atoms with Crippen LogP contribution in [-0.2, 0) is 25.5 Å². The molecular formula is C33H37ClN8O5. The second-order valence-electron chi connectivity index (χ2n) is 12.2. The second-order valence-corrected chi connectivity index (χ2v) is 12.7. The fourth-order valence-electron chi connectivity index (χ4n) is 5.41. The van der Waals surface area contributed by atoms with E-state index in [1.54, 1.807) is 36.5 Å². The van der Waals surface area contributed by atoms with E-state index in [9.17, 15) is 14.4 Å². The number of methoxy groups -OCH3 is 1. The zero-order chi connectivity index (χ0) is 33.6. The van der Waals surface area contributed by atoms with Crippen molar-refractivity contribution >= 4 is 41.3 Å². The van der Waals surface area contributed by atoms with E-state index in [4.69, 9.17) is 26.1 Å². The van der Waals surface area contributed by atoms with Crippen molar-refractivity contribution in [2.45, 2.75) is 64.5 Å². The lowest BCUT2D eigenvalue weighted by Crippen LogP contribution is -2.30. The first-order valence-corrected chi connectivity index (χ1v) is 15.6. The third-order valence-electron chi connectivity index (χ3n) is 7.56. The van der Waals surface area contributed by atoms with Crippen LogP contribution in [0.4, 0.5) is 10.5 Å². The highest BCUT2D eigenvalue weighted by atomic mass is 35.5. The molecule has 1 aliphatic rings. The van der Waals surface area contributed by atoms with Crippen molar-refractivity contribution in [3.63, 3.8) is 0 Å². The number of imidazole rings is 1. The number of ether oxygens (including phenoxy) is 2. The number of nitrogens with zero attached hydrogens (tertiary/aromatic N) is 5. The molecule has 0 spiro atoms. The molecule has 1 unspecified atom stereocenters. The van der Waals surface area contributed by atoms with E-state index in [1.807, 2.05) is 32.9 Å². The summed E-state index contributed by atoms with van der Waals surface area (Å²) < 4.78 is 12.1. The number of aromatic amines is 1. The summed E-state index contributed by atoms with van der Waals surface area (Å²) in [6.07, 6.45) is 8.73. The van der Waals surface area contributed by atoms with Crippen molar-refractivity contribution in [3.8, 4) is 16.9 Å². The number of hydrogen-bond donors (Lipinski definition) is 3. The van der Waals surface area contributed by atoms with E-state index >= 15 is 0 Å². The van der Waals surface area contributed by atoms with E-state index in [1.165, 1.54) is 24.2 Å². The Morgan fingerprint density at radius 1 is 1.11 bits per heavy atom. The summed E-state index contributed by atoms with van der Waals surface area (Å²) in [7, 11) is 1.29. The Bertz CT molecular complexity index is 1760. The van der Waals surface area contributed by atoms with Crippen LogP contribution in [0.15, 0.2) is 55.0 Å². The number of fused-ring (bicyclic) bond motifs is 4. The Morgan fingerprint density at radius 3 is 2.66 bits per heavy atom. The third kappa shape index (κ3) is 8.82. The van der Waals surface area contributed by atoms with Gasteiger partial charge in [-0.25, -0.2) is 9.78 Å². The van der Waals surface area contributed by atoms with Crippen LogP contribution in [0.5, 0.6) is 0 Å². The lowest BCUT2D eigenvalue weighted by atomic mass is 9.89. The molecule has 0 radical (unpaired) electrons. The number of rotatable bonds is 6. The van der Waals surface area contributed by atoms with Gasteiger partial charge in [0.1, 0.15) is 17.8 Å². The lowest BCUT2D eigenvalue weighted by Gasteiger charge is -2.25. The summed E-state index contributed by atoms with van der Waals surface area (Å²) in [6.45, 7) is 5.54. The molecular weight excluding hydrogens is 624 g/mol. The average Bonchev–Trinajstić information content (AvgIpc) is 3.73. The minimum Gasteiger partial charge on any atom is -0.460 e. The van der Waals surface area contributed by atoms with Gasteiger partial charge in [0.15, 0.2) is 0 Å². The first-order valence-electron chi connectivity index (χ1n) is 15.3. The molecule has 47 heavy (non-hydrogen) atoms. The minimum absolute atomic E-state index is 0.286. The third-order valence-corrected chi connectivity index (χ3v) is 7.79. The SMILES string of the molecule is COC(=O)Nc1ccc2c(c1)CC(C(=O)OC(C)(C)C)CCCC[C@H](NC(=O)/C=C/c1cc(Cl)ccc1-n1cnnn1)c1nc-2c[nH]1. The van der Waals surface area contributed by atoms with Gasteiger partial charge in [-0.1, -0.05) is 30.5 Å². The van der Waals surface area contributed by atoms with Crippen molar-refractivity contribution in [3.05, 3.63) is 77.0 Å². The Hall–Kier alpha value is -5.04. The first-order chi connectivity index (χ1) is 22.5. The maximum atomic E-state index is 13.4. The predicted molar refractivity (Wildman–Crippen MR) is 176 cm³/mol. The molecule has 13 nitrogen and oxygen atoms in total. The normalized spacial score (nSPS) is 16.8. The van der Waals surface area contributed by atoms with Crippen LogP contribution in [0.25, 0.3) is 23.0 Å². The molecule has 1 aliphatic heterocycles. The van der Waals surface area contributed by atoms with Crippen LogP contribution >= 0.6 is 11.6 Å². The molecule has 2 atom stereocenters. The van der Waals surface area contributed by atoms with Gasteiger partial charge in [0.2, 0.25) is 5.91 Å². The zero-order valence-corrected chi connectivity index (χ0v) is 27.4. The molecule has 2 bridgehead atoms. The number of amides is 2. The Morgan fingerprint density at radius 2 is 1.91 bits per heavy atom. The summed E-state index contributed by atoms with van der Waals surface area (Å²) in [5, 5.41) is 17.6. The van der Waals surface area contributed by atoms with Gasteiger partial charge in [0.05, 0.1) is 30.5 Å². The largest absolute Gasteiger partial charge is 0.460 e. The van der Waals surface area contributed by atoms with Crippen LogP contribution in [0.3, 0.4) is 0 Å². The number of halogens is 1. The molecule has 0 aliphatic carbocycles. The quantitative estimate of drug-likeness (QED) is 0.170. The van der Waals surface area contributed by atoms with Crippen molar-refractivity contribution < 1.29 is 23.9 Å². The zero-order valence-electron chi connectivity index (χ0n) is 26.6. The van der Waals surface area contributed by atoms with Crippen LogP contribution in [0.2, 0.25) is 5.02 Å². The maximum absolute atomic E-state index is 13.4. The van der Waals surface area contributed by atoms with Gasteiger partial charge in [-0.05, 0) is 92.4 Å². The molecule has 2 amide bonds. The highest BCUT2D eigenvalue weighted by molar-refractivity contribution is 6.30. The van der Waals surface area contributed by atoms with E-state index in [0.29, 0.717) is 59.2 Å². The number of nitrogens with one attached hydrogen (secondary N) is 3. The molecule has 0 saturated carbocycles. The van der Waals surface area contributed by atoms with Gasteiger partial charge in [0, 0.05) is 34.1 Å². The van der Waals surface area contributed by atoms with Crippen LogP contribution < -0.4 is 10.6 Å². The molecule has 3 heterocycles. The van der Waals surface area contributed by atoms with Gasteiger partial charge in [0.25, 0.3) is 0 Å². The molecule has 3 N–H and O–H groups in total. The number of H-pyrrole nitrogens is 1. The molecule has 2 aromatic heterocycles. The number of benzene rings is 2. The summed E-state index contributed by atoms with van der Waals surface area (Å²) in [5.74, 6) is -0.437. The van der Waals surface area contributed by atoms with E-state index in [2.05, 4.69) is 31.1 Å². The molecule has 2 aromatic carbocycles. The number of esters is 1. The number of anilines is 1. The standard InChI is InChI=1S/C33H37ClN8O5/c1-33(2,3)47-31(44)21-7-5-6-8-26(38-29(43)14-9-20-16-23(34)10-13-28(20)42-19-36-40-41-42)30-35-18-27(39-30)25-12-11-24(17-22(25)15-21)37-32(45)46-4/h9-14,16-19,21,26H,5-8,15H2,1-4H3,(H,35,39)(H,37,45)(H,38,43)/b14-9+/t21?,26-/m0/s1. The van der Waals surface area contributed by atoms with Gasteiger partial charge in [-0.3, -0.25) is 14.9 Å². The smallest absolute Gasteiger partial charge is 0.411 e. The Balaban J connectivity index is 1.42. The van der Waals surface area contributed by atoms with Crippen molar-refractivity contribution in [2.75, 3.05) is 12.4 Å². The van der Waals surface area contributed by atoms with Crippen LogP contribution in [0, 0.1) is 5.92 Å². The summed E-state index contributed by atoms with van der Waals surface area (Å²) in [6, 6.07) is 10.2. The lowest BCUT2D eigenvalue weighted by molar-refractivity contribution is -0.160. The van der Waals surface area contributed by atoms with E-state index in [0.717, 1.165) is 17.5 Å². The van der Waals surface area contributed by atoms with Crippen molar-refractivity contribution in [1.29, 1.82) is 0 Å². The number of tetrazole rings is 1. The van der Waals surface area contributed by atoms with Crippen LogP contribution in [0.1, 0.15) is 69.4 Å². The molecule has 246 valence electrons. The van der Waals surface area contributed by atoms with E-state index < -0.39 is 23.7 Å². The molecule has 0 fully saturated rings. The van der Waals surface area contributed by atoms with Crippen molar-refractivity contribution in [2.24, 2.45) is 5.92 Å². The Labute approximate surface area is 277 Å². The first kappa shape index (κ1) is 33.3. The number of carbonyl (C=O) groups is 3. The fourth-order valence-corrected chi connectivity index (χ4v) is 5.59. The highest BCUT2D eigenvalue weighted by Crippen LogP contribution is 2.32. The average molecular weight is 661 g/mol. The Kier molecular flexibility index (Phi) is 10.3. The highest BCUT2D eigenvalue weighted by Gasteiger charge is 2.28. The summed E-state index contributed by atoms with van der Waals surface area (Å²) in [4.78, 5) is 46.7. The van der Waals surface area contributed by atoms with Gasteiger partial charge < -0.3 is 19.8 Å². The van der Waals surface area contributed by atoms with Gasteiger partial charge in [-0.15, -0.1) is 5.10 Å². The fraction of sp³-hybridized carbons (Fsp3) is 0.364. The number of aromatic nitrogens is 6. The monoisotopic (exact) mass is 660 g/mol. The van der Waals surface area contributed by atoms with E-state index in [-0.39, 0.29) is 11.9 Å². The maximum Gasteiger partial charge on any atom is 0.411 e. The van der Waals surface area contributed by atoms with Crippen molar-refractivity contribution in [1.82, 2.24) is 35.5 Å². The molecule has 14 heteroatoms. The molecule has 0 saturated heterocycles. The number of hydrogen-bond acceptors (Lipinski definition) is 9.